The molecule has 0 saturated heterocycles. The van der Waals surface area contributed by atoms with Crippen LogP contribution >= 0.6 is 0 Å². The Morgan fingerprint density at radius 3 is 0.422 bits per heavy atom. The minimum atomic E-state index is -0.265. The van der Waals surface area contributed by atoms with Crippen LogP contribution in [-0.4, -0.2) is 559 Å². The van der Waals surface area contributed by atoms with E-state index in [9.17, 15) is 57.5 Å². The van der Waals surface area contributed by atoms with E-state index in [1.165, 1.54) is 111 Å². The number of hydrogen-bond donors (Lipinski definition) is 5. The average molecular weight is 2110 g/mol. The van der Waals surface area contributed by atoms with Crippen molar-refractivity contribution in [3.8, 4) is 0 Å². The van der Waals surface area contributed by atoms with Gasteiger partial charge in [0.2, 0.25) is 0 Å². The fourth-order valence-corrected chi connectivity index (χ4v) is 15.3. The normalized spacial score (nSPS) is 11.3. The van der Waals surface area contributed by atoms with Crippen LogP contribution in [0.5, 0.6) is 0 Å². The Hall–Kier alpha value is -7.12. The molecule has 43 nitrogen and oxygen atoms in total. The second kappa shape index (κ2) is 109. The third-order valence-corrected chi connectivity index (χ3v) is 25.4. The quantitative estimate of drug-likeness (QED) is 0.0328. The molecule has 0 rings (SSSR count). The van der Waals surface area contributed by atoms with Crippen LogP contribution in [0.1, 0.15) is 192 Å². The molecule has 0 aromatic heterocycles. The Balaban J connectivity index is -0.000000580. The van der Waals surface area contributed by atoms with Crippen molar-refractivity contribution in [3.63, 3.8) is 0 Å². The van der Waals surface area contributed by atoms with E-state index in [4.69, 9.17) is 43.6 Å². The predicted octanol–water partition coefficient (Wildman–Crippen LogP) is 3.79. The fraction of sp³-hybridized carbons (Fsp3) is 0.885. The van der Waals surface area contributed by atoms with Gasteiger partial charge in [-0.05, 0) is 176 Å². The number of nitrogens with zero attached hydrogens (tertiary/aromatic N) is 14. The molecule has 0 heterocycles. The molecule has 0 aliphatic carbocycles. The Kier molecular flexibility index (Phi) is 110. The number of carbonyl (C=O) groups excluding carboxylic acids is 12. The zero-order valence-electron chi connectivity index (χ0n) is 96.4. The number of nitrogens with one attached hydrogen (secondary N) is 4. The third-order valence-electron chi connectivity index (χ3n) is 25.4. The molecule has 0 aliphatic rings. The molecular formula is C104H213N19O24. The molecule has 0 aromatic rings. The maximum Gasteiger partial charge on any atom is 0.306 e. The van der Waals surface area contributed by atoms with Crippen molar-refractivity contribution < 1.29 is 114 Å². The van der Waals surface area contributed by atoms with Gasteiger partial charge in [-0.3, -0.25) is 57.5 Å². The third kappa shape index (κ3) is 95.7. The average Bonchev–Trinajstić information content (AvgIpc) is 0.954. The van der Waals surface area contributed by atoms with Gasteiger partial charge in [0.1, 0.15) is 0 Å². The van der Waals surface area contributed by atoms with Gasteiger partial charge in [-0.2, -0.15) is 0 Å². The number of hydrogen-bond acceptors (Lipinski definition) is 43. The number of methoxy groups -OCH3 is 12. The van der Waals surface area contributed by atoms with Gasteiger partial charge in [0, 0.05) is 196 Å². The maximum absolute atomic E-state index is 11.6. The molecule has 0 spiro atoms. The van der Waals surface area contributed by atoms with Gasteiger partial charge < -0.3 is 152 Å². The summed E-state index contributed by atoms with van der Waals surface area (Å²) in [6.07, 6.45) is 10.8. The van der Waals surface area contributed by atoms with E-state index >= 15 is 0 Å². The highest BCUT2D eigenvalue weighted by molar-refractivity contribution is 5.73. The van der Waals surface area contributed by atoms with E-state index in [-0.39, 0.29) is 97.3 Å². The van der Waals surface area contributed by atoms with Gasteiger partial charge >= 0.3 is 71.6 Å². The van der Waals surface area contributed by atoms with Crippen LogP contribution in [0.25, 0.3) is 0 Å². The van der Waals surface area contributed by atoms with Crippen LogP contribution in [0.2, 0.25) is 0 Å². The highest BCUT2D eigenvalue weighted by Gasteiger charge is 2.21. The summed E-state index contributed by atoms with van der Waals surface area (Å²) in [5.41, 5.74) is 5.64. The fourth-order valence-electron chi connectivity index (χ4n) is 15.3. The maximum atomic E-state index is 11.6. The van der Waals surface area contributed by atoms with Gasteiger partial charge in [0.25, 0.3) is 0 Å². The summed E-state index contributed by atoms with van der Waals surface area (Å²) in [4.78, 5) is 169. The first kappa shape index (κ1) is 148. The lowest BCUT2D eigenvalue weighted by atomic mass is 10.3. The molecule has 0 unspecified atom stereocenters. The van der Waals surface area contributed by atoms with Gasteiger partial charge in [-0.1, -0.05) is 76.2 Å². The van der Waals surface area contributed by atoms with E-state index in [1.807, 2.05) is 0 Å². The Morgan fingerprint density at radius 2 is 0.286 bits per heavy atom. The number of carbonyl (C=O) groups is 12. The molecule has 0 amide bonds. The topological polar surface area (TPSA) is 435 Å². The Labute approximate surface area is 888 Å². The number of ether oxygens (including phenoxy) is 12. The van der Waals surface area contributed by atoms with E-state index in [2.05, 4.69) is 185 Å². The van der Waals surface area contributed by atoms with Crippen molar-refractivity contribution in [2.24, 2.45) is 5.73 Å². The molecule has 0 fully saturated rings. The van der Waals surface area contributed by atoms with Crippen molar-refractivity contribution in [2.75, 3.05) is 419 Å². The molecule has 43 heteroatoms. The number of rotatable bonds is 94. The summed E-state index contributed by atoms with van der Waals surface area (Å²) in [6, 6.07) is 0. The van der Waals surface area contributed by atoms with Crippen LogP contribution < -0.4 is 27.0 Å². The predicted molar refractivity (Wildman–Crippen MR) is 580 cm³/mol. The largest absolute Gasteiger partial charge is 0.469 e. The molecule has 0 radical (unpaired) electrons. The molecule has 0 aliphatic heterocycles. The first-order valence-electron chi connectivity index (χ1n) is 54.3. The van der Waals surface area contributed by atoms with Gasteiger partial charge in [-0.25, -0.2) is 0 Å². The monoisotopic (exact) mass is 2110 g/mol. The van der Waals surface area contributed by atoms with Crippen molar-refractivity contribution >= 4 is 71.6 Å². The zero-order chi connectivity index (χ0) is 111. The molecule has 0 atom stereocenters. The smallest absolute Gasteiger partial charge is 0.306 e. The number of esters is 12. The molecule has 6 N–H and O–H groups in total. The van der Waals surface area contributed by atoms with E-state index < -0.39 is 0 Å². The summed E-state index contributed by atoms with van der Waals surface area (Å²) < 4.78 is 56.4. The van der Waals surface area contributed by atoms with Crippen LogP contribution in [0.3, 0.4) is 0 Å². The summed E-state index contributed by atoms with van der Waals surface area (Å²) in [5, 5.41) is 13.1. The SMILES string of the molecule is CCCN(CC)CCCN(CC)CCNCCC(=O)OC.CCN(CCCN(CC)CCN(CCC(=O)OC)CCC(=O)OC)CCN(CCC(=O)OC)CCC(=O)OC.CCN(CCCN(CC)CCN(CCC(=O)OC)CCC(=O)OC)CCNCCC(=O)OC.CCN(CCCN(CC)CCNCCC(=O)OC)CCNCCC(=O)OC.CCN(CCN)CCCN(CC)CCN(CCC(=O)OC)CCC(=O)OC. The number of nitrogens with two attached hydrogens (primary N) is 1. The van der Waals surface area contributed by atoms with Crippen molar-refractivity contribution in [1.82, 2.24) is 89.9 Å². The van der Waals surface area contributed by atoms with Gasteiger partial charge in [-0.15, -0.1) is 0 Å². The zero-order valence-corrected chi connectivity index (χ0v) is 96.4. The Morgan fingerprint density at radius 1 is 0.156 bits per heavy atom. The van der Waals surface area contributed by atoms with Crippen molar-refractivity contribution in [2.45, 2.75) is 192 Å². The van der Waals surface area contributed by atoms with Crippen LogP contribution in [0, 0.1) is 0 Å². The molecular weight excluding hydrogens is 1900 g/mol. The second-order valence-electron chi connectivity index (χ2n) is 35.2. The Bertz CT molecular complexity index is 2990. The van der Waals surface area contributed by atoms with Crippen LogP contribution in [-0.2, 0) is 114 Å². The minimum absolute atomic E-state index is 0.148. The van der Waals surface area contributed by atoms with Gasteiger partial charge in [0.15, 0.2) is 0 Å². The molecule has 0 saturated carbocycles. The van der Waals surface area contributed by atoms with E-state index in [0.717, 1.165) is 261 Å². The lowest BCUT2D eigenvalue weighted by Crippen LogP contribution is -2.40. The minimum Gasteiger partial charge on any atom is -0.469 e. The van der Waals surface area contributed by atoms with Crippen LogP contribution in [0.15, 0.2) is 0 Å². The molecule has 147 heavy (non-hydrogen) atoms. The lowest BCUT2D eigenvalue weighted by Gasteiger charge is -2.29. The molecule has 0 bridgehead atoms. The van der Waals surface area contributed by atoms with Crippen LogP contribution in [0.4, 0.5) is 0 Å². The van der Waals surface area contributed by atoms with Crippen molar-refractivity contribution in [1.29, 1.82) is 0 Å². The molecule has 0 aromatic carbocycles. The standard InChI is InChI=1S/C27H52N4O8.C23H46N4O6.2C19H40N4O4.C16H35N3O2/c1-7-28(20-22-30(16-10-24(32)36-3)17-11-25(33)37-4)14-9-15-29(8-2)21-23-31(18-12-26(34)38-5)19-13-27(35)39-6;1-6-25(18-13-24-12-9-21(28)31-3)14-8-15-26(7-2)19-20-27(16-10-22(29)32-4)17-11-23(30)33-5;1-5-21(15-10-20)11-7-12-22(6-2)16-17-23(13-8-18(24)26-3)14-9-19(25)27-4;1-5-22(16-12-20-10-8-18(24)26-3)14-7-15-23(6-2)17-13-21-11-9-19(25)27-4;1-5-12-18(6-2)13-8-14-19(7-3)15-11-17-10-9-16(20)21-4/h7-23H2,1-6H3;24H,6-20H2,1-5H3;5-17,20H2,1-4H3;20-21H,5-17H2,1-4H3;17H,5-15H2,1-4H3. The summed E-state index contributed by atoms with van der Waals surface area (Å²) in [5.74, 6) is -2.70. The second-order valence-corrected chi connectivity index (χ2v) is 35.2. The summed E-state index contributed by atoms with van der Waals surface area (Å²) in [7, 11) is 16.7. The molecule has 868 valence electrons. The summed E-state index contributed by atoms with van der Waals surface area (Å²) in [6.45, 7) is 68.3. The van der Waals surface area contributed by atoms with E-state index in [1.54, 1.807) is 0 Å². The first-order valence-corrected chi connectivity index (χ1v) is 54.3. The highest BCUT2D eigenvalue weighted by atomic mass is 16.6. The van der Waals surface area contributed by atoms with Gasteiger partial charge in [0.05, 0.1) is 162 Å². The van der Waals surface area contributed by atoms with Crippen molar-refractivity contribution in [3.05, 3.63) is 0 Å². The van der Waals surface area contributed by atoms with E-state index in [0.29, 0.717) is 136 Å². The lowest BCUT2D eigenvalue weighted by molar-refractivity contribution is -0.142. The number of likely N-dealkylation sites (N-methyl/N-ethyl adjacent to an activating group) is 9. The summed E-state index contributed by atoms with van der Waals surface area (Å²) >= 11 is 0. The first-order chi connectivity index (χ1) is 70.8. The highest BCUT2D eigenvalue weighted by Crippen LogP contribution is 2.09.